The van der Waals surface area contributed by atoms with Gasteiger partial charge < -0.3 is 0 Å². The molecule has 2 aromatic carbocycles. The number of hydrogen-bond donors (Lipinski definition) is 0. The maximum Gasteiger partial charge on any atom is 0.416 e. The van der Waals surface area contributed by atoms with Gasteiger partial charge in [-0.15, -0.1) is 28.2 Å². The highest BCUT2D eigenvalue weighted by Crippen LogP contribution is 2.40. The van der Waals surface area contributed by atoms with Crippen LogP contribution in [-0.4, -0.2) is 31.4 Å². The average Bonchev–Trinajstić information content (AvgIpc) is 3.42. The second kappa shape index (κ2) is 8.99. The summed E-state index contributed by atoms with van der Waals surface area (Å²) in [6.07, 6.45) is -7.93. The lowest BCUT2D eigenvalue weighted by Crippen LogP contribution is -2.11. The molecule has 33 heavy (non-hydrogen) atoms. The fraction of sp³-hybridized carbons (Fsp3) is 0.158. The van der Waals surface area contributed by atoms with Crippen LogP contribution in [0.3, 0.4) is 0 Å². The molecule has 172 valence electrons. The molecule has 0 bridgehead atoms. The first-order chi connectivity index (χ1) is 15.5. The molecule has 4 aromatic rings. The van der Waals surface area contributed by atoms with Gasteiger partial charge in [0.1, 0.15) is 0 Å². The lowest BCUT2D eigenvalue weighted by molar-refractivity contribution is -0.143. The Morgan fingerprint density at radius 1 is 0.909 bits per heavy atom. The van der Waals surface area contributed by atoms with Crippen molar-refractivity contribution in [1.82, 2.24) is 25.2 Å². The van der Waals surface area contributed by atoms with E-state index in [0.717, 1.165) is 28.0 Å². The van der Waals surface area contributed by atoms with Crippen molar-refractivity contribution in [3.8, 4) is 16.9 Å². The van der Waals surface area contributed by atoms with Crippen LogP contribution in [0.4, 0.5) is 26.3 Å². The molecule has 0 saturated carbocycles. The van der Waals surface area contributed by atoms with E-state index in [9.17, 15) is 26.3 Å². The van der Waals surface area contributed by atoms with E-state index in [1.165, 1.54) is 10.1 Å². The molecule has 2 heterocycles. The van der Waals surface area contributed by atoms with Gasteiger partial charge in [-0.3, -0.25) is 0 Å². The molecule has 0 unspecified atom stereocenters. The summed E-state index contributed by atoms with van der Waals surface area (Å²) in [4.78, 5) is 5.24. The largest absolute Gasteiger partial charge is 0.416 e. The number of alkyl halides is 6. The molecule has 0 aliphatic carbocycles. The average molecular weight is 520 g/mol. The Hall–Kier alpha value is -2.58. The van der Waals surface area contributed by atoms with Crippen molar-refractivity contribution in [1.29, 1.82) is 0 Å². The van der Waals surface area contributed by atoms with E-state index >= 15 is 0 Å². The number of hydrogen-bond acceptors (Lipinski definition) is 7. The number of tetrazole rings is 1. The van der Waals surface area contributed by atoms with Gasteiger partial charge in [0.05, 0.1) is 22.5 Å². The molecule has 5 nitrogen and oxygen atoms in total. The van der Waals surface area contributed by atoms with Gasteiger partial charge in [0.15, 0.2) is 4.34 Å². The standard InChI is InChI=1S/C19H11F6N5S3/c1-31-14-4-2-13(3-5-14)30-16(27-28-29-30)33-17-26-15(9-32-17)10-6-11(18(20,21)22)8-12(7-10)19(23,24)25/h2-9H,1H3. The highest BCUT2D eigenvalue weighted by Gasteiger charge is 2.37. The second-order valence-corrected chi connectivity index (χ2v) is 9.42. The molecule has 0 N–H and O–H groups in total. The summed E-state index contributed by atoms with van der Waals surface area (Å²) in [6.45, 7) is 0. The summed E-state index contributed by atoms with van der Waals surface area (Å²) >= 11 is 3.67. The highest BCUT2D eigenvalue weighted by molar-refractivity contribution is 8.00. The SMILES string of the molecule is CSc1ccc(-n2nnnc2Sc2nc(-c3cc(C(F)(F)F)cc(C(F)(F)F)c3)cs2)cc1. The van der Waals surface area contributed by atoms with Crippen molar-refractivity contribution in [3.05, 3.63) is 59.0 Å². The first kappa shape index (κ1) is 23.6. The van der Waals surface area contributed by atoms with Crippen molar-refractivity contribution in [3.63, 3.8) is 0 Å². The molecule has 0 saturated heterocycles. The highest BCUT2D eigenvalue weighted by atomic mass is 32.2. The van der Waals surface area contributed by atoms with Crippen LogP contribution in [0.25, 0.3) is 16.9 Å². The third-order valence-electron chi connectivity index (χ3n) is 4.30. The minimum absolute atomic E-state index is 0.0116. The zero-order chi connectivity index (χ0) is 23.8. The smallest absolute Gasteiger partial charge is 0.229 e. The molecule has 0 spiro atoms. The molecule has 0 radical (unpaired) electrons. The maximum absolute atomic E-state index is 13.1. The number of nitrogens with zero attached hydrogens (tertiary/aromatic N) is 5. The van der Waals surface area contributed by atoms with Crippen molar-refractivity contribution >= 4 is 34.9 Å². The molecule has 0 atom stereocenters. The Morgan fingerprint density at radius 2 is 1.55 bits per heavy atom. The molecule has 0 fully saturated rings. The Morgan fingerprint density at radius 3 is 2.12 bits per heavy atom. The predicted octanol–water partition coefficient (Wildman–Crippen LogP) is 6.70. The van der Waals surface area contributed by atoms with E-state index in [2.05, 4.69) is 20.5 Å². The third kappa shape index (κ3) is 5.33. The summed E-state index contributed by atoms with van der Waals surface area (Å²) in [7, 11) is 0. The van der Waals surface area contributed by atoms with Crippen LogP contribution in [0.5, 0.6) is 0 Å². The van der Waals surface area contributed by atoms with E-state index in [0.29, 0.717) is 27.3 Å². The van der Waals surface area contributed by atoms with Crippen molar-refractivity contribution in [2.24, 2.45) is 0 Å². The van der Waals surface area contributed by atoms with Gasteiger partial charge in [0.25, 0.3) is 0 Å². The maximum atomic E-state index is 13.1. The summed E-state index contributed by atoms with van der Waals surface area (Å²) in [5, 5.41) is 13.2. The number of thiazole rings is 1. The van der Waals surface area contributed by atoms with Crippen LogP contribution in [0, 0.1) is 0 Å². The first-order valence-corrected chi connectivity index (χ1v) is 11.8. The first-order valence-electron chi connectivity index (χ1n) is 8.90. The number of rotatable bonds is 5. The molecule has 0 aliphatic rings. The monoisotopic (exact) mass is 519 g/mol. The van der Waals surface area contributed by atoms with Crippen molar-refractivity contribution < 1.29 is 26.3 Å². The zero-order valence-corrected chi connectivity index (χ0v) is 18.8. The molecular formula is C19H11F6N5S3. The fourth-order valence-electron chi connectivity index (χ4n) is 2.75. The third-order valence-corrected chi connectivity index (χ3v) is 6.92. The van der Waals surface area contributed by atoms with Crippen LogP contribution in [0.2, 0.25) is 0 Å². The fourth-order valence-corrected chi connectivity index (χ4v) is 4.87. The quantitative estimate of drug-likeness (QED) is 0.216. The summed E-state index contributed by atoms with van der Waals surface area (Å²) in [5.74, 6) is 0. The van der Waals surface area contributed by atoms with Crippen LogP contribution in [0.1, 0.15) is 11.1 Å². The van der Waals surface area contributed by atoms with E-state index in [1.54, 1.807) is 11.8 Å². The summed E-state index contributed by atoms with van der Waals surface area (Å²) in [6, 6.07) is 8.81. The van der Waals surface area contributed by atoms with Crippen molar-refractivity contribution in [2.75, 3.05) is 6.26 Å². The lowest BCUT2D eigenvalue weighted by atomic mass is 10.0. The van der Waals surface area contributed by atoms with Gasteiger partial charge in [0, 0.05) is 15.8 Å². The molecule has 0 amide bonds. The number of aromatic nitrogens is 5. The van der Waals surface area contributed by atoms with E-state index in [1.807, 2.05) is 30.5 Å². The van der Waals surface area contributed by atoms with E-state index in [-0.39, 0.29) is 17.3 Å². The minimum Gasteiger partial charge on any atom is -0.229 e. The molecule has 14 heteroatoms. The van der Waals surface area contributed by atoms with Crippen LogP contribution in [0.15, 0.2) is 62.2 Å². The Balaban J connectivity index is 1.64. The van der Waals surface area contributed by atoms with Gasteiger partial charge in [-0.1, -0.05) is 0 Å². The van der Waals surface area contributed by atoms with Crippen LogP contribution in [-0.2, 0) is 12.4 Å². The van der Waals surface area contributed by atoms with Gasteiger partial charge in [-0.05, 0) is 70.9 Å². The summed E-state index contributed by atoms with van der Waals surface area (Å²) in [5.41, 5.74) is -2.40. The molecule has 4 rings (SSSR count). The summed E-state index contributed by atoms with van der Waals surface area (Å²) < 4.78 is 80.7. The van der Waals surface area contributed by atoms with Gasteiger partial charge >= 0.3 is 12.4 Å². The topological polar surface area (TPSA) is 56.5 Å². The minimum atomic E-state index is -4.93. The predicted molar refractivity (Wildman–Crippen MR) is 113 cm³/mol. The van der Waals surface area contributed by atoms with Gasteiger partial charge in [0.2, 0.25) is 5.16 Å². The molecule has 2 aromatic heterocycles. The van der Waals surface area contributed by atoms with Crippen LogP contribution < -0.4 is 0 Å². The number of thioether (sulfide) groups is 1. The van der Waals surface area contributed by atoms with Crippen molar-refractivity contribution in [2.45, 2.75) is 26.7 Å². The van der Waals surface area contributed by atoms with Crippen LogP contribution >= 0.6 is 34.9 Å². The molecular weight excluding hydrogens is 508 g/mol. The molecule has 0 aliphatic heterocycles. The Labute approximate surface area is 195 Å². The van der Waals surface area contributed by atoms with Gasteiger partial charge in [-0.25, -0.2) is 4.98 Å². The number of halogens is 6. The zero-order valence-electron chi connectivity index (χ0n) is 16.3. The van der Waals surface area contributed by atoms with Gasteiger partial charge in [-0.2, -0.15) is 31.0 Å². The normalized spacial score (nSPS) is 12.3. The lowest BCUT2D eigenvalue weighted by Gasteiger charge is -2.13. The second-order valence-electron chi connectivity index (χ2n) is 6.47. The Bertz CT molecular complexity index is 1230. The Kier molecular flexibility index (Phi) is 6.42. The van der Waals surface area contributed by atoms with E-state index in [4.69, 9.17) is 0 Å². The number of benzene rings is 2. The van der Waals surface area contributed by atoms with E-state index < -0.39 is 23.5 Å².